The van der Waals surface area contributed by atoms with Crippen LogP contribution in [0.1, 0.15) is 72.1 Å². The minimum Gasteiger partial charge on any atom is -0.312 e. The second kappa shape index (κ2) is 8.38. The number of nitrogens with zero attached hydrogens (tertiary/aromatic N) is 1. The maximum atomic E-state index is 3.83. The Kier molecular flexibility index (Phi) is 6.83. The number of likely N-dealkylation sites (tertiary alicyclic amines) is 1. The molecule has 1 heterocycles. The molecule has 0 aromatic heterocycles. The van der Waals surface area contributed by atoms with Crippen LogP contribution in [0.2, 0.25) is 0 Å². The van der Waals surface area contributed by atoms with Gasteiger partial charge in [-0.3, -0.25) is 4.90 Å². The van der Waals surface area contributed by atoms with E-state index >= 15 is 0 Å². The Hall–Kier alpha value is -0.0800. The lowest BCUT2D eigenvalue weighted by molar-refractivity contribution is 0.0665. The minimum absolute atomic E-state index is 0.758. The first-order valence-electron chi connectivity index (χ1n) is 9.22. The van der Waals surface area contributed by atoms with E-state index < -0.39 is 0 Å². The van der Waals surface area contributed by atoms with Crippen molar-refractivity contribution < 1.29 is 0 Å². The highest BCUT2D eigenvalue weighted by molar-refractivity contribution is 4.91. The van der Waals surface area contributed by atoms with Gasteiger partial charge in [0.05, 0.1) is 0 Å². The molecule has 1 N–H and O–H groups in total. The van der Waals surface area contributed by atoms with Gasteiger partial charge in [-0.15, -0.1) is 0 Å². The fourth-order valence-corrected chi connectivity index (χ4v) is 4.30. The van der Waals surface area contributed by atoms with Gasteiger partial charge in [-0.05, 0) is 70.0 Å². The Morgan fingerprint density at radius 3 is 2.40 bits per heavy atom. The van der Waals surface area contributed by atoms with Crippen LogP contribution in [0.5, 0.6) is 0 Å². The molecule has 0 aromatic rings. The third-order valence-electron chi connectivity index (χ3n) is 5.55. The molecule has 0 bridgehead atoms. The summed E-state index contributed by atoms with van der Waals surface area (Å²) in [6.45, 7) is 11.0. The summed E-state index contributed by atoms with van der Waals surface area (Å²) in [4.78, 5) is 2.83. The Labute approximate surface area is 126 Å². The largest absolute Gasteiger partial charge is 0.312 e. The highest BCUT2D eigenvalue weighted by Gasteiger charge is 2.34. The summed E-state index contributed by atoms with van der Waals surface area (Å²) in [6.07, 6.45) is 11.2. The van der Waals surface area contributed by atoms with Crippen LogP contribution in [0.25, 0.3) is 0 Å². The van der Waals surface area contributed by atoms with E-state index in [1.165, 1.54) is 71.0 Å². The highest BCUT2D eigenvalue weighted by atomic mass is 15.2. The van der Waals surface area contributed by atoms with Gasteiger partial charge in [-0.2, -0.15) is 0 Å². The monoisotopic (exact) mass is 280 g/mol. The predicted octanol–water partition coefficient (Wildman–Crippen LogP) is 4.06. The molecule has 1 saturated carbocycles. The molecule has 1 aliphatic carbocycles. The molecular weight excluding hydrogens is 244 g/mol. The smallest absolute Gasteiger partial charge is 0.0251 e. The van der Waals surface area contributed by atoms with Gasteiger partial charge in [0.1, 0.15) is 0 Å². The van der Waals surface area contributed by atoms with Crippen LogP contribution in [0.4, 0.5) is 0 Å². The molecule has 2 fully saturated rings. The number of rotatable bonds is 6. The van der Waals surface area contributed by atoms with E-state index in [9.17, 15) is 0 Å². The predicted molar refractivity (Wildman–Crippen MR) is 88.1 cm³/mol. The lowest BCUT2D eigenvalue weighted by Gasteiger charge is -2.45. The third kappa shape index (κ3) is 4.46. The fraction of sp³-hybridized carbons (Fsp3) is 1.00. The highest BCUT2D eigenvalue weighted by Crippen LogP contribution is 2.31. The number of hydrogen-bond donors (Lipinski definition) is 1. The van der Waals surface area contributed by atoms with Crippen LogP contribution in [-0.2, 0) is 0 Å². The second-order valence-corrected chi connectivity index (χ2v) is 7.31. The molecular formula is C18H36N2. The topological polar surface area (TPSA) is 15.3 Å². The number of nitrogens with one attached hydrogen (secondary N) is 1. The van der Waals surface area contributed by atoms with E-state index in [0.717, 1.165) is 23.9 Å². The van der Waals surface area contributed by atoms with Gasteiger partial charge >= 0.3 is 0 Å². The molecule has 3 unspecified atom stereocenters. The van der Waals surface area contributed by atoms with Crippen molar-refractivity contribution in [2.75, 3.05) is 19.6 Å². The fourth-order valence-electron chi connectivity index (χ4n) is 4.30. The van der Waals surface area contributed by atoms with Crippen molar-refractivity contribution >= 4 is 0 Å². The first-order valence-corrected chi connectivity index (χ1v) is 9.22. The molecule has 1 aliphatic heterocycles. The van der Waals surface area contributed by atoms with Gasteiger partial charge in [0.2, 0.25) is 0 Å². The Balaban J connectivity index is 1.86. The number of hydrogen-bond acceptors (Lipinski definition) is 2. The van der Waals surface area contributed by atoms with Gasteiger partial charge in [0, 0.05) is 12.1 Å². The summed E-state index contributed by atoms with van der Waals surface area (Å²) in [6, 6.07) is 1.57. The average Bonchev–Trinajstić information content (AvgIpc) is 2.47. The number of piperidine rings is 1. The van der Waals surface area contributed by atoms with Crippen molar-refractivity contribution in [2.45, 2.75) is 84.2 Å². The van der Waals surface area contributed by atoms with Gasteiger partial charge in [-0.25, -0.2) is 0 Å². The minimum atomic E-state index is 0.758. The zero-order valence-corrected chi connectivity index (χ0v) is 14.0. The molecule has 0 radical (unpaired) electrons. The first-order chi connectivity index (χ1) is 9.74. The standard InChI is InChI=1S/C18H36N2/c1-4-6-16-9-12-20(13-10-16)18-14-15(3)7-8-17(18)19-11-5-2/h15-19H,4-14H2,1-3H3. The van der Waals surface area contributed by atoms with E-state index in [-0.39, 0.29) is 0 Å². The van der Waals surface area contributed by atoms with Crippen LogP contribution in [0.3, 0.4) is 0 Å². The van der Waals surface area contributed by atoms with Crippen LogP contribution >= 0.6 is 0 Å². The van der Waals surface area contributed by atoms with Crippen molar-refractivity contribution in [1.82, 2.24) is 10.2 Å². The maximum absolute atomic E-state index is 3.83. The summed E-state index contributed by atoms with van der Waals surface area (Å²) in [5, 5.41) is 3.83. The van der Waals surface area contributed by atoms with E-state index in [0.29, 0.717) is 0 Å². The normalized spacial score (nSPS) is 33.5. The van der Waals surface area contributed by atoms with Crippen LogP contribution in [0, 0.1) is 11.8 Å². The molecule has 2 nitrogen and oxygen atoms in total. The molecule has 3 atom stereocenters. The Bertz CT molecular complexity index is 256. The molecule has 0 amide bonds. The Morgan fingerprint density at radius 1 is 1.00 bits per heavy atom. The molecule has 2 rings (SSSR count). The van der Waals surface area contributed by atoms with Crippen molar-refractivity contribution in [3.8, 4) is 0 Å². The summed E-state index contributed by atoms with van der Waals surface area (Å²) in [5.41, 5.74) is 0. The lowest BCUT2D eigenvalue weighted by Crippen LogP contribution is -2.55. The van der Waals surface area contributed by atoms with Gasteiger partial charge in [-0.1, -0.05) is 33.6 Å². The van der Waals surface area contributed by atoms with Gasteiger partial charge < -0.3 is 5.32 Å². The molecule has 2 heteroatoms. The maximum Gasteiger partial charge on any atom is 0.0251 e. The third-order valence-corrected chi connectivity index (χ3v) is 5.55. The SMILES string of the molecule is CCCNC1CCC(C)CC1N1CCC(CCC)CC1. The molecule has 0 spiro atoms. The zero-order valence-electron chi connectivity index (χ0n) is 14.0. The summed E-state index contributed by atoms with van der Waals surface area (Å²) >= 11 is 0. The summed E-state index contributed by atoms with van der Waals surface area (Å²) in [5.74, 6) is 1.94. The second-order valence-electron chi connectivity index (χ2n) is 7.31. The van der Waals surface area contributed by atoms with Crippen molar-refractivity contribution in [3.63, 3.8) is 0 Å². The van der Waals surface area contributed by atoms with Crippen LogP contribution in [0.15, 0.2) is 0 Å². The molecule has 0 aromatic carbocycles. The van der Waals surface area contributed by atoms with E-state index in [4.69, 9.17) is 0 Å². The quantitative estimate of drug-likeness (QED) is 0.789. The molecule has 1 saturated heterocycles. The average molecular weight is 280 g/mol. The molecule has 20 heavy (non-hydrogen) atoms. The summed E-state index contributed by atoms with van der Waals surface area (Å²) < 4.78 is 0. The van der Waals surface area contributed by atoms with Gasteiger partial charge in [0.25, 0.3) is 0 Å². The lowest BCUT2D eigenvalue weighted by atomic mass is 9.81. The van der Waals surface area contributed by atoms with Crippen LogP contribution in [-0.4, -0.2) is 36.6 Å². The zero-order chi connectivity index (χ0) is 14.4. The molecule has 2 aliphatic rings. The summed E-state index contributed by atoms with van der Waals surface area (Å²) in [7, 11) is 0. The molecule has 118 valence electrons. The van der Waals surface area contributed by atoms with E-state index in [1.807, 2.05) is 0 Å². The van der Waals surface area contributed by atoms with Crippen molar-refractivity contribution in [3.05, 3.63) is 0 Å². The first kappa shape index (κ1) is 16.3. The van der Waals surface area contributed by atoms with Crippen LogP contribution < -0.4 is 5.32 Å². The Morgan fingerprint density at radius 2 is 1.75 bits per heavy atom. The van der Waals surface area contributed by atoms with E-state index in [1.54, 1.807) is 0 Å². The van der Waals surface area contributed by atoms with Gasteiger partial charge in [0.15, 0.2) is 0 Å². The van der Waals surface area contributed by atoms with Crippen molar-refractivity contribution in [1.29, 1.82) is 0 Å². The van der Waals surface area contributed by atoms with Crippen molar-refractivity contribution in [2.24, 2.45) is 11.8 Å². The van der Waals surface area contributed by atoms with E-state index in [2.05, 4.69) is 31.0 Å².